The van der Waals surface area contributed by atoms with Gasteiger partial charge < -0.3 is 0 Å². The average Bonchev–Trinajstić information content (AvgIpc) is 2.64. The van der Waals surface area contributed by atoms with E-state index in [0.29, 0.717) is 12.8 Å². The Bertz CT molecular complexity index is 472. The van der Waals surface area contributed by atoms with Crippen LogP contribution in [0.2, 0.25) is 0 Å². The maximum absolute atomic E-state index is 12.1. The number of fused-ring (bicyclic) bond motifs is 1. The highest BCUT2D eigenvalue weighted by atomic mass is 16.2. The van der Waals surface area contributed by atoms with Gasteiger partial charge in [-0.15, -0.1) is 0 Å². The lowest BCUT2D eigenvalue weighted by Crippen LogP contribution is -2.32. The zero-order valence-electron chi connectivity index (χ0n) is 9.11. The minimum absolute atomic E-state index is 0.171. The van der Waals surface area contributed by atoms with Crippen LogP contribution in [-0.2, 0) is 9.59 Å². The Balaban J connectivity index is 1.98. The number of amides is 2. The van der Waals surface area contributed by atoms with Gasteiger partial charge in [0.2, 0.25) is 17.8 Å². The van der Waals surface area contributed by atoms with Gasteiger partial charge in [-0.05, 0) is 18.9 Å². The smallest absolute Gasteiger partial charge is 0.240 e. The summed E-state index contributed by atoms with van der Waals surface area (Å²) in [7, 11) is 0. The van der Waals surface area contributed by atoms with Gasteiger partial charge in [0.1, 0.15) is 0 Å². The molecule has 1 aliphatic heterocycles. The van der Waals surface area contributed by atoms with Gasteiger partial charge in [0.25, 0.3) is 0 Å². The molecule has 1 fully saturated rings. The second kappa shape index (κ2) is 3.76. The Morgan fingerprint density at radius 1 is 1.00 bits per heavy atom. The first-order valence-electron chi connectivity index (χ1n) is 5.59. The number of hydrogen-bond donors (Lipinski definition) is 0. The molecule has 2 atom stereocenters. The van der Waals surface area contributed by atoms with Crippen LogP contribution in [0, 0.1) is 11.8 Å². The highest BCUT2D eigenvalue weighted by molar-refractivity contribution is 6.21. The second-order valence-electron chi connectivity index (χ2n) is 4.22. The van der Waals surface area contributed by atoms with Crippen molar-refractivity contribution in [3.8, 4) is 0 Å². The lowest BCUT2D eigenvalue weighted by molar-refractivity contribution is -0.122. The molecule has 2 heterocycles. The summed E-state index contributed by atoms with van der Waals surface area (Å²) < 4.78 is 0. The van der Waals surface area contributed by atoms with Crippen molar-refractivity contribution >= 4 is 17.8 Å². The Labute approximate surface area is 98.2 Å². The summed E-state index contributed by atoms with van der Waals surface area (Å²) in [4.78, 5) is 33.4. The summed E-state index contributed by atoms with van der Waals surface area (Å²) in [6.45, 7) is 0. The molecule has 0 saturated carbocycles. The fourth-order valence-corrected chi connectivity index (χ4v) is 2.40. The molecular formula is C12H11N3O2. The molecule has 2 aliphatic rings. The molecule has 17 heavy (non-hydrogen) atoms. The van der Waals surface area contributed by atoms with E-state index in [1.54, 1.807) is 6.07 Å². The van der Waals surface area contributed by atoms with E-state index in [1.165, 1.54) is 12.4 Å². The van der Waals surface area contributed by atoms with Gasteiger partial charge in [0.05, 0.1) is 11.8 Å². The number of allylic oxidation sites excluding steroid dienone is 2. The molecule has 1 aliphatic carbocycles. The van der Waals surface area contributed by atoms with E-state index in [4.69, 9.17) is 0 Å². The predicted octanol–water partition coefficient (Wildman–Crippen LogP) is 0.932. The number of rotatable bonds is 1. The first-order valence-corrected chi connectivity index (χ1v) is 5.59. The molecule has 0 spiro atoms. The highest BCUT2D eigenvalue weighted by Crippen LogP contribution is 2.36. The molecule has 2 amide bonds. The molecule has 0 aromatic carbocycles. The molecule has 86 valence electrons. The molecule has 1 aromatic heterocycles. The molecule has 5 nitrogen and oxygen atoms in total. The number of nitrogens with zero attached hydrogens (tertiary/aromatic N) is 3. The first-order chi connectivity index (χ1) is 8.29. The van der Waals surface area contributed by atoms with Crippen molar-refractivity contribution in [1.82, 2.24) is 9.97 Å². The summed E-state index contributed by atoms with van der Waals surface area (Å²) in [5, 5.41) is 0. The van der Waals surface area contributed by atoms with Crippen molar-refractivity contribution in [1.29, 1.82) is 0 Å². The molecule has 3 rings (SSSR count). The average molecular weight is 229 g/mol. The number of hydrogen-bond acceptors (Lipinski definition) is 4. The van der Waals surface area contributed by atoms with E-state index >= 15 is 0 Å². The van der Waals surface area contributed by atoms with E-state index < -0.39 is 0 Å². The minimum atomic E-state index is -0.226. The number of anilines is 1. The summed E-state index contributed by atoms with van der Waals surface area (Å²) in [5.41, 5.74) is 0. The fraction of sp³-hybridized carbons (Fsp3) is 0.333. The van der Waals surface area contributed by atoms with Crippen LogP contribution in [0.3, 0.4) is 0 Å². The van der Waals surface area contributed by atoms with Crippen LogP contribution in [0.5, 0.6) is 0 Å². The maximum Gasteiger partial charge on any atom is 0.240 e. The Hall–Kier alpha value is -2.04. The van der Waals surface area contributed by atoms with E-state index in [1.807, 2.05) is 12.2 Å². The minimum Gasteiger partial charge on any atom is -0.274 e. The molecule has 1 saturated heterocycles. The monoisotopic (exact) mass is 229 g/mol. The van der Waals surface area contributed by atoms with Crippen LogP contribution in [-0.4, -0.2) is 21.8 Å². The van der Waals surface area contributed by atoms with E-state index in [9.17, 15) is 9.59 Å². The largest absolute Gasteiger partial charge is 0.274 e. The van der Waals surface area contributed by atoms with Crippen LogP contribution in [0.25, 0.3) is 0 Å². The van der Waals surface area contributed by atoms with E-state index in [-0.39, 0.29) is 29.6 Å². The lowest BCUT2D eigenvalue weighted by atomic mass is 9.85. The van der Waals surface area contributed by atoms with E-state index in [0.717, 1.165) is 4.90 Å². The Kier molecular flexibility index (Phi) is 2.24. The summed E-state index contributed by atoms with van der Waals surface area (Å²) in [5.74, 6) is -0.601. The van der Waals surface area contributed by atoms with Crippen LogP contribution in [0.4, 0.5) is 5.95 Å². The molecule has 1 aromatic rings. The summed E-state index contributed by atoms with van der Waals surface area (Å²) in [6, 6.07) is 1.66. The zero-order valence-corrected chi connectivity index (χ0v) is 9.11. The third-order valence-corrected chi connectivity index (χ3v) is 3.26. The van der Waals surface area contributed by atoms with Crippen LogP contribution in [0.1, 0.15) is 12.8 Å². The van der Waals surface area contributed by atoms with Crippen LogP contribution in [0.15, 0.2) is 30.6 Å². The molecule has 0 unspecified atom stereocenters. The quantitative estimate of drug-likeness (QED) is 0.531. The molecule has 0 radical (unpaired) electrons. The first kappa shape index (κ1) is 10.1. The van der Waals surface area contributed by atoms with Crippen LogP contribution >= 0.6 is 0 Å². The van der Waals surface area contributed by atoms with Gasteiger partial charge in [-0.25, -0.2) is 14.9 Å². The van der Waals surface area contributed by atoms with Gasteiger partial charge in [0, 0.05) is 12.4 Å². The van der Waals surface area contributed by atoms with Crippen molar-refractivity contribution in [2.45, 2.75) is 12.8 Å². The van der Waals surface area contributed by atoms with Crippen molar-refractivity contribution in [2.24, 2.45) is 11.8 Å². The van der Waals surface area contributed by atoms with Gasteiger partial charge >= 0.3 is 0 Å². The fourth-order valence-electron chi connectivity index (χ4n) is 2.40. The molecular weight excluding hydrogens is 218 g/mol. The molecule has 5 heteroatoms. The number of carbonyl (C=O) groups excluding carboxylic acids is 2. The van der Waals surface area contributed by atoms with Gasteiger partial charge in [0.15, 0.2) is 0 Å². The standard InChI is InChI=1S/C12H11N3O2/c16-10-8-4-1-2-5-9(8)11(17)15(10)12-13-6-3-7-14-12/h1-3,6-9H,4-5H2/t8-,9-/m1/s1. The summed E-state index contributed by atoms with van der Waals surface area (Å²) in [6.07, 6.45) is 8.26. The lowest BCUT2D eigenvalue weighted by Gasteiger charge is -2.14. The maximum atomic E-state index is 12.1. The number of imide groups is 1. The third kappa shape index (κ3) is 1.46. The second-order valence-corrected chi connectivity index (χ2v) is 4.22. The Morgan fingerprint density at radius 2 is 1.53 bits per heavy atom. The molecule has 0 N–H and O–H groups in total. The van der Waals surface area contributed by atoms with Crippen LogP contribution < -0.4 is 4.90 Å². The third-order valence-electron chi connectivity index (χ3n) is 3.26. The number of carbonyl (C=O) groups is 2. The highest BCUT2D eigenvalue weighted by Gasteiger charge is 2.48. The topological polar surface area (TPSA) is 63.2 Å². The normalized spacial score (nSPS) is 27.4. The van der Waals surface area contributed by atoms with Crippen molar-refractivity contribution < 1.29 is 9.59 Å². The molecule has 0 bridgehead atoms. The van der Waals surface area contributed by atoms with Crippen molar-refractivity contribution in [2.75, 3.05) is 4.90 Å². The van der Waals surface area contributed by atoms with Crippen molar-refractivity contribution in [3.63, 3.8) is 0 Å². The van der Waals surface area contributed by atoms with E-state index in [2.05, 4.69) is 9.97 Å². The van der Waals surface area contributed by atoms with Gasteiger partial charge in [-0.1, -0.05) is 12.2 Å². The predicted molar refractivity (Wildman–Crippen MR) is 59.9 cm³/mol. The zero-order chi connectivity index (χ0) is 11.8. The van der Waals surface area contributed by atoms with Crippen molar-refractivity contribution in [3.05, 3.63) is 30.6 Å². The summed E-state index contributed by atoms with van der Waals surface area (Å²) >= 11 is 0. The van der Waals surface area contributed by atoms with Gasteiger partial charge in [-0.3, -0.25) is 9.59 Å². The van der Waals surface area contributed by atoms with Gasteiger partial charge in [-0.2, -0.15) is 0 Å². The number of aromatic nitrogens is 2. The SMILES string of the molecule is O=C1[C@@H]2CC=CC[C@H]2C(=O)N1c1ncccn1. The Morgan fingerprint density at radius 3 is 2.06 bits per heavy atom.